The Morgan fingerprint density at radius 2 is 1.48 bits per heavy atom. The Morgan fingerprint density at radius 3 is 2.12 bits per heavy atom. The first-order chi connectivity index (χ1) is 12.3. The van der Waals surface area contributed by atoms with Crippen molar-refractivity contribution in [2.75, 3.05) is 6.61 Å². The van der Waals surface area contributed by atoms with E-state index in [2.05, 4.69) is 0 Å². The maximum Gasteiger partial charge on any atom is 0.338 e. The van der Waals surface area contributed by atoms with Gasteiger partial charge in [-0.05, 0) is 11.1 Å². The monoisotopic (exact) mass is 340 g/mol. The molecule has 0 aliphatic carbocycles. The molecule has 0 N–H and O–H groups in total. The second kappa shape index (κ2) is 7.35. The molecule has 0 radical (unpaired) electrons. The molecular weight excluding hydrogens is 320 g/mol. The largest absolute Gasteiger partial charge is 0.455 e. The Kier molecular flexibility index (Phi) is 4.78. The summed E-state index contributed by atoms with van der Waals surface area (Å²) >= 11 is 0. The second-order valence-corrected chi connectivity index (χ2v) is 6.25. The average Bonchev–Trinajstić information content (AvgIpc) is 2.88. The number of fused-ring (bicyclic) bond motifs is 2. The lowest BCUT2D eigenvalue weighted by atomic mass is 10.0. The fourth-order valence-electron chi connectivity index (χ4n) is 3.19. The lowest BCUT2D eigenvalue weighted by molar-refractivity contribution is -0.172. The van der Waals surface area contributed by atoms with Crippen molar-refractivity contribution in [1.29, 1.82) is 0 Å². The number of ether oxygens (including phenoxy) is 4. The van der Waals surface area contributed by atoms with E-state index in [0.29, 0.717) is 19.8 Å². The summed E-state index contributed by atoms with van der Waals surface area (Å²) in [4.78, 5) is 12.0. The number of hydrogen-bond donors (Lipinski definition) is 0. The summed E-state index contributed by atoms with van der Waals surface area (Å²) in [6.07, 6.45) is -1.87. The van der Waals surface area contributed by atoms with Gasteiger partial charge in [0.05, 0.1) is 19.8 Å². The van der Waals surface area contributed by atoms with Crippen LogP contribution in [0.5, 0.6) is 0 Å². The minimum atomic E-state index is -0.662. The minimum absolute atomic E-state index is 0.330. The van der Waals surface area contributed by atoms with Gasteiger partial charge in [0.1, 0.15) is 12.2 Å². The molecule has 5 heteroatoms. The molecule has 0 saturated carbocycles. The molecule has 0 spiro atoms. The lowest BCUT2D eigenvalue weighted by Gasteiger charge is -2.32. The zero-order valence-electron chi connectivity index (χ0n) is 13.7. The van der Waals surface area contributed by atoms with Gasteiger partial charge in [-0.15, -0.1) is 0 Å². The maximum atomic E-state index is 12.0. The third kappa shape index (κ3) is 3.58. The summed E-state index contributed by atoms with van der Waals surface area (Å²) in [6.45, 7) is 1.18. The van der Waals surface area contributed by atoms with Crippen LogP contribution in [0.1, 0.15) is 11.1 Å². The van der Waals surface area contributed by atoms with Crippen molar-refractivity contribution in [3.05, 3.63) is 71.8 Å². The highest BCUT2D eigenvalue weighted by Crippen LogP contribution is 2.31. The molecule has 2 aliphatic rings. The standard InChI is InChI=1S/C20H20O5/c21-20-19-18(23-12-15-9-5-2-6-10-15)17(25-20)16(13-24-19)22-11-14-7-3-1-4-8-14/h1-10,16-19H,11-13H2/t16-,17?,18-,19?/m1/s1. The summed E-state index contributed by atoms with van der Waals surface area (Å²) in [6, 6.07) is 19.7. The van der Waals surface area contributed by atoms with Crippen LogP contribution in [0.15, 0.2) is 60.7 Å². The van der Waals surface area contributed by atoms with Gasteiger partial charge in [0.15, 0.2) is 12.2 Å². The molecular formula is C20H20O5. The molecule has 5 nitrogen and oxygen atoms in total. The first-order valence-corrected chi connectivity index (χ1v) is 8.44. The highest BCUT2D eigenvalue weighted by atomic mass is 16.7. The van der Waals surface area contributed by atoms with Crippen molar-refractivity contribution < 1.29 is 23.7 Å². The minimum Gasteiger partial charge on any atom is -0.455 e. The number of hydrogen-bond acceptors (Lipinski definition) is 5. The van der Waals surface area contributed by atoms with Crippen molar-refractivity contribution in [2.24, 2.45) is 0 Å². The fourth-order valence-corrected chi connectivity index (χ4v) is 3.19. The first kappa shape index (κ1) is 16.3. The van der Waals surface area contributed by atoms with Crippen LogP contribution in [0.25, 0.3) is 0 Å². The molecule has 2 aromatic carbocycles. The topological polar surface area (TPSA) is 54.0 Å². The molecule has 130 valence electrons. The quantitative estimate of drug-likeness (QED) is 0.756. The first-order valence-electron chi connectivity index (χ1n) is 8.44. The van der Waals surface area contributed by atoms with E-state index in [0.717, 1.165) is 11.1 Å². The van der Waals surface area contributed by atoms with Crippen LogP contribution < -0.4 is 0 Å². The van der Waals surface area contributed by atoms with Crippen molar-refractivity contribution >= 4 is 5.97 Å². The van der Waals surface area contributed by atoms with Gasteiger partial charge in [-0.3, -0.25) is 0 Å². The summed E-state index contributed by atoms with van der Waals surface area (Å²) in [5.41, 5.74) is 2.11. The third-order valence-corrected chi connectivity index (χ3v) is 4.51. The van der Waals surface area contributed by atoms with Gasteiger partial charge in [0.2, 0.25) is 0 Å². The molecule has 25 heavy (non-hydrogen) atoms. The van der Waals surface area contributed by atoms with Crippen molar-refractivity contribution in [3.63, 3.8) is 0 Å². The van der Waals surface area contributed by atoms with Crippen molar-refractivity contribution in [3.8, 4) is 0 Å². The molecule has 2 unspecified atom stereocenters. The molecule has 0 amide bonds. The molecule has 4 rings (SSSR count). The Hall–Kier alpha value is -2.21. The van der Waals surface area contributed by atoms with E-state index >= 15 is 0 Å². The van der Waals surface area contributed by atoms with Crippen LogP contribution in [0.2, 0.25) is 0 Å². The van der Waals surface area contributed by atoms with Gasteiger partial charge in [0.25, 0.3) is 0 Å². The van der Waals surface area contributed by atoms with Crippen LogP contribution in [-0.2, 0) is 37.0 Å². The van der Waals surface area contributed by atoms with Gasteiger partial charge in [-0.1, -0.05) is 60.7 Å². The number of esters is 1. The SMILES string of the molecule is O=C1OC2[C@@H](OCc3ccccc3)C1OC[C@H]2OCc1ccccc1. The van der Waals surface area contributed by atoms with E-state index in [4.69, 9.17) is 18.9 Å². The number of carbonyl (C=O) groups is 1. The third-order valence-electron chi connectivity index (χ3n) is 4.51. The van der Waals surface area contributed by atoms with E-state index in [1.807, 2.05) is 60.7 Å². The van der Waals surface area contributed by atoms with Crippen LogP contribution in [0, 0.1) is 0 Å². The average molecular weight is 340 g/mol. The Balaban J connectivity index is 1.40. The molecule has 4 atom stereocenters. The molecule has 2 heterocycles. The van der Waals surface area contributed by atoms with E-state index < -0.39 is 18.3 Å². The highest BCUT2D eigenvalue weighted by molar-refractivity contribution is 5.78. The molecule has 2 bridgehead atoms. The summed E-state index contributed by atoms with van der Waals surface area (Å²) < 4.78 is 23.0. The smallest absolute Gasteiger partial charge is 0.338 e. The highest BCUT2D eigenvalue weighted by Gasteiger charge is 2.54. The van der Waals surface area contributed by atoms with Gasteiger partial charge in [0, 0.05) is 0 Å². The predicted molar refractivity (Wildman–Crippen MR) is 89.7 cm³/mol. The molecule has 2 saturated heterocycles. The maximum absolute atomic E-state index is 12.0. The Morgan fingerprint density at radius 1 is 0.880 bits per heavy atom. The van der Waals surface area contributed by atoms with E-state index in [-0.39, 0.29) is 12.1 Å². The van der Waals surface area contributed by atoms with Crippen LogP contribution in [-0.4, -0.2) is 37.0 Å². The molecule has 2 aromatic rings. The van der Waals surface area contributed by atoms with E-state index in [9.17, 15) is 4.79 Å². The van der Waals surface area contributed by atoms with Crippen LogP contribution >= 0.6 is 0 Å². The number of benzene rings is 2. The van der Waals surface area contributed by atoms with Gasteiger partial charge in [-0.25, -0.2) is 4.79 Å². The zero-order valence-corrected chi connectivity index (χ0v) is 13.7. The summed E-state index contributed by atoms with van der Waals surface area (Å²) in [5, 5.41) is 0. The molecule has 0 aromatic heterocycles. The summed E-state index contributed by atoms with van der Waals surface area (Å²) in [7, 11) is 0. The normalized spacial score (nSPS) is 27.9. The molecule has 2 fully saturated rings. The van der Waals surface area contributed by atoms with Crippen LogP contribution in [0.3, 0.4) is 0 Å². The summed E-state index contributed by atoms with van der Waals surface area (Å²) in [5.74, 6) is -0.367. The fraction of sp³-hybridized carbons (Fsp3) is 0.350. The van der Waals surface area contributed by atoms with Gasteiger partial charge >= 0.3 is 5.97 Å². The Bertz CT molecular complexity index is 703. The number of rotatable bonds is 6. The number of carbonyl (C=O) groups excluding carboxylic acids is 1. The second-order valence-electron chi connectivity index (χ2n) is 6.25. The predicted octanol–water partition coefficient (Wildman–Crippen LogP) is 2.48. The lowest BCUT2D eigenvalue weighted by Crippen LogP contribution is -2.50. The van der Waals surface area contributed by atoms with Gasteiger partial charge in [-0.2, -0.15) is 0 Å². The van der Waals surface area contributed by atoms with Crippen LogP contribution in [0.4, 0.5) is 0 Å². The Labute approximate surface area is 146 Å². The van der Waals surface area contributed by atoms with Crippen molar-refractivity contribution in [1.82, 2.24) is 0 Å². The van der Waals surface area contributed by atoms with E-state index in [1.165, 1.54) is 0 Å². The van der Waals surface area contributed by atoms with Crippen molar-refractivity contribution in [2.45, 2.75) is 37.6 Å². The zero-order chi connectivity index (χ0) is 17.1. The molecule has 2 aliphatic heterocycles. The van der Waals surface area contributed by atoms with Gasteiger partial charge < -0.3 is 18.9 Å². The van der Waals surface area contributed by atoms with E-state index in [1.54, 1.807) is 0 Å².